The molecule has 0 aliphatic carbocycles. The topological polar surface area (TPSA) is 125 Å². The van der Waals surface area contributed by atoms with Crippen LogP contribution in [-0.4, -0.2) is 36.8 Å². The predicted octanol–water partition coefficient (Wildman–Crippen LogP) is -1.30. The van der Waals surface area contributed by atoms with Crippen molar-refractivity contribution in [1.29, 1.82) is 0 Å². The molecule has 1 atom stereocenters. The molecule has 8 nitrogen and oxygen atoms in total. The number of hydrogen-bond acceptors (Lipinski definition) is 4. The lowest BCUT2D eigenvalue weighted by atomic mass is 10.4. The van der Waals surface area contributed by atoms with Crippen molar-refractivity contribution in [3.8, 4) is 0 Å². The van der Waals surface area contributed by atoms with Gasteiger partial charge >= 0.3 is 13.6 Å². The zero-order chi connectivity index (χ0) is 11.6. The molecule has 1 heterocycles. The first-order valence-electron chi connectivity index (χ1n) is 3.91. The second kappa shape index (κ2) is 4.01. The molecule has 0 aromatic carbocycles. The highest BCUT2D eigenvalue weighted by Crippen LogP contribution is 2.32. The maximum atomic E-state index is 10.8. The Labute approximate surface area is 84.7 Å². The normalized spacial score (nSPS) is 13.5. The van der Waals surface area contributed by atoms with Crippen LogP contribution < -0.4 is 10.7 Å². The van der Waals surface area contributed by atoms with Crippen molar-refractivity contribution in [2.24, 2.45) is 0 Å². The molecule has 0 radical (unpaired) electrons. The first-order chi connectivity index (χ1) is 6.80. The van der Waals surface area contributed by atoms with Crippen molar-refractivity contribution in [3.05, 3.63) is 12.4 Å². The SMILES string of the molecule is C[C@H](Nn1cc(P(=O)(O)O)cn1)C(=O)O. The van der Waals surface area contributed by atoms with E-state index in [1.165, 1.54) is 6.92 Å². The van der Waals surface area contributed by atoms with Crippen LogP contribution in [0.2, 0.25) is 0 Å². The average Bonchev–Trinajstić information content (AvgIpc) is 2.51. The lowest BCUT2D eigenvalue weighted by Gasteiger charge is -2.09. The van der Waals surface area contributed by atoms with Crippen LogP contribution in [0.15, 0.2) is 12.4 Å². The Kier molecular flexibility index (Phi) is 3.13. The quantitative estimate of drug-likeness (QED) is 0.478. The van der Waals surface area contributed by atoms with Gasteiger partial charge in [0, 0.05) is 0 Å². The summed E-state index contributed by atoms with van der Waals surface area (Å²) < 4.78 is 10.8. The molecule has 0 spiro atoms. The van der Waals surface area contributed by atoms with E-state index in [4.69, 9.17) is 14.9 Å². The van der Waals surface area contributed by atoms with Gasteiger partial charge in [-0.05, 0) is 6.92 Å². The minimum absolute atomic E-state index is 0.271. The van der Waals surface area contributed by atoms with Crippen molar-refractivity contribution in [1.82, 2.24) is 9.89 Å². The lowest BCUT2D eigenvalue weighted by Crippen LogP contribution is -2.32. The van der Waals surface area contributed by atoms with Crippen LogP contribution in [0, 0.1) is 0 Å². The predicted molar refractivity (Wildman–Crippen MR) is 50.4 cm³/mol. The summed E-state index contributed by atoms with van der Waals surface area (Å²) in [6.45, 7) is 1.38. The third-order valence-corrected chi connectivity index (χ3v) is 2.51. The fourth-order valence-corrected chi connectivity index (χ4v) is 1.25. The van der Waals surface area contributed by atoms with E-state index in [0.717, 1.165) is 17.2 Å². The second-order valence-electron chi connectivity index (χ2n) is 2.88. The molecule has 9 heteroatoms. The van der Waals surface area contributed by atoms with E-state index in [-0.39, 0.29) is 5.30 Å². The van der Waals surface area contributed by atoms with E-state index in [0.29, 0.717) is 0 Å². The maximum Gasteiger partial charge on any atom is 0.359 e. The number of aliphatic carboxylic acids is 1. The van der Waals surface area contributed by atoms with Gasteiger partial charge in [-0.2, -0.15) is 9.89 Å². The van der Waals surface area contributed by atoms with Crippen molar-refractivity contribution in [2.75, 3.05) is 5.43 Å². The van der Waals surface area contributed by atoms with Crippen LogP contribution in [-0.2, 0) is 9.36 Å². The Balaban J connectivity index is 2.78. The number of rotatable bonds is 4. The Morgan fingerprint density at radius 2 is 2.27 bits per heavy atom. The zero-order valence-electron chi connectivity index (χ0n) is 7.73. The molecular formula is C6H10N3O5P. The Morgan fingerprint density at radius 3 is 2.67 bits per heavy atom. The summed E-state index contributed by atoms with van der Waals surface area (Å²) in [5.74, 6) is -1.09. The van der Waals surface area contributed by atoms with Gasteiger partial charge < -0.3 is 14.9 Å². The van der Waals surface area contributed by atoms with E-state index in [1.807, 2.05) is 0 Å². The Morgan fingerprint density at radius 1 is 1.67 bits per heavy atom. The summed E-state index contributed by atoms with van der Waals surface area (Å²) in [6.07, 6.45) is 2.02. The first-order valence-corrected chi connectivity index (χ1v) is 5.52. The number of aromatic nitrogens is 2. The molecule has 84 valence electrons. The minimum Gasteiger partial charge on any atom is -0.480 e. The average molecular weight is 235 g/mol. The van der Waals surface area contributed by atoms with E-state index in [9.17, 15) is 9.36 Å². The van der Waals surface area contributed by atoms with Crippen LogP contribution in [0.4, 0.5) is 0 Å². The second-order valence-corrected chi connectivity index (χ2v) is 4.48. The van der Waals surface area contributed by atoms with E-state index in [2.05, 4.69) is 10.5 Å². The first kappa shape index (κ1) is 11.7. The molecule has 0 saturated carbocycles. The van der Waals surface area contributed by atoms with Crippen LogP contribution in [0.25, 0.3) is 0 Å². The zero-order valence-corrected chi connectivity index (χ0v) is 8.63. The smallest absolute Gasteiger partial charge is 0.359 e. The van der Waals surface area contributed by atoms with E-state index >= 15 is 0 Å². The molecule has 1 rings (SSSR count). The van der Waals surface area contributed by atoms with Crippen LogP contribution >= 0.6 is 7.60 Å². The van der Waals surface area contributed by atoms with Gasteiger partial charge in [-0.25, -0.2) is 4.79 Å². The molecule has 4 N–H and O–H groups in total. The fraction of sp³-hybridized carbons (Fsp3) is 0.333. The molecule has 0 saturated heterocycles. The summed E-state index contributed by atoms with van der Waals surface area (Å²) in [5, 5.41) is 11.8. The number of nitrogens with one attached hydrogen (secondary N) is 1. The highest BCUT2D eigenvalue weighted by atomic mass is 31.2. The Bertz CT molecular complexity index is 411. The molecular weight excluding hydrogens is 225 g/mol. The van der Waals surface area contributed by atoms with Gasteiger partial charge in [0.2, 0.25) is 0 Å². The lowest BCUT2D eigenvalue weighted by molar-refractivity contribution is -0.137. The largest absolute Gasteiger partial charge is 0.480 e. The van der Waals surface area contributed by atoms with Crippen LogP contribution in [0.1, 0.15) is 6.92 Å². The van der Waals surface area contributed by atoms with Crippen molar-refractivity contribution >= 4 is 18.9 Å². The summed E-state index contributed by atoms with van der Waals surface area (Å²) in [6, 6.07) is -0.908. The standard InChI is InChI=1S/C6H10N3O5P/c1-4(6(10)11)8-9-3-5(2-7-9)15(12,13)14/h2-4,8H,1H3,(H,10,11)(H2,12,13,14)/t4-/m0/s1. The van der Waals surface area contributed by atoms with Crippen molar-refractivity contribution in [3.63, 3.8) is 0 Å². The van der Waals surface area contributed by atoms with Gasteiger partial charge in [-0.1, -0.05) is 0 Å². The number of hydrogen-bond donors (Lipinski definition) is 4. The number of carbonyl (C=O) groups is 1. The summed E-state index contributed by atoms with van der Waals surface area (Å²) >= 11 is 0. The molecule has 0 amide bonds. The van der Waals surface area contributed by atoms with Gasteiger partial charge in [0.1, 0.15) is 11.3 Å². The summed E-state index contributed by atoms with van der Waals surface area (Å²) in [5.41, 5.74) is 2.40. The van der Waals surface area contributed by atoms with Crippen molar-refractivity contribution < 1.29 is 24.3 Å². The Hall–Kier alpha value is -1.37. The number of nitrogens with zero attached hydrogens (tertiary/aromatic N) is 2. The molecule has 1 aromatic heterocycles. The molecule has 1 aromatic rings. The number of carboxylic acids is 1. The van der Waals surface area contributed by atoms with E-state index in [1.54, 1.807) is 0 Å². The fourth-order valence-electron chi connectivity index (χ4n) is 0.788. The third-order valence-electron chi connectivity index (χ3n) is 1.60. The van der Waals surface area contributed by atoms with Gasteiger partial charge in [0.15, 0.2) is 0 Å². The van der Waals surface area contributed by atoms with Gasteiger partial charge in [0.05, 0.1) is 12.4 Å². The maximum absolute atomic E-state index is 10.8. The molecule has 0 aliphatic heterocycles. The molecule has 0 aliphatic rings. The van der Waals surface area contributed by atoms with Crippen LogP contribution in [0.3, 0.4) is 0 Å². The van der Waals surface area contributed by atoms with Crippen LogP contribution in [0.5, 0.6) is 0 Å². The van der Waals surface area contributed by atoms with Gasteiger partial charge in [-0.15, -0.1) is 0 Å². The van der Waals surface area contributed by atoms with Gasteiger partial charge in [-0.3, -0.25) is 9.99 Å². The summed E-state index contributed by atoms with van der Waals surface area (Å²) in [4.78, 5) is 28.9. The van der Waals surface area contributed by atoms with Crippen molar-refractivity contribution in [2.45, 2.75) is 13.0 Å². The number of carboxylic acid groups (broad SMARTS) is 1. The summed E-state index contributed by atoms with van der Waals surface area (Å²) in [7, 11) is -4.34. The molecule has 0 bridgehead atoms. The highest BCUT2D eigenvalue weighted by molar-refractivity contribution is 7.60. The highest BCUT2D eigenvalue weighted by Gasteiger charge is 2.20. The van der Waals surface area contributed by atoms with Gasteiger partial charge in [0.25, 0.3) is 0 Å². The molecule has 0 unspecified atom stereocenters. The third kappa shape index (κ3) is 3.05. The molecule has 0 fully saturated rings. The van der Waals surface area contributed by atoms with E-state index < -0.39 is 19.6 Å². The monoisotopic (exact) mass is 235 g/mol. The minimum atomic E-state index is -4.34. The molecule has 15 heavy (non-hydrogen) atoms.